The summed E-state index contributed by atoms with van der Waals surface area (Å²) in [6.07, 6.45) is -0.483. The van der Waals surface area contributed by atoms with Crippen molar-refractivity contribution in [3.05, 3.63) is 65.5 Å². The maximum absolute atomic E-state index is 12.4. The standard InChI is InChI=1S/C20H15N3O5S/c24-18-12-5-1-2-6-13(12)19(25)23(18)9-10-29-20-22-21-17(28-20)16-11-26-14-7-3-4-8-15(14)27-16/h1-8,16H,9-11H2/t16-/m1/s1. The van der Waals surface area contributed by atoms with Gasteiger partial charge in [0.25, 0.3) is 22.9 Å². The van der Waals surface area contributed by atoms with Gasteiger partial charge in [-0.1, -0.05) is 36.0 Å². The fourth-order valence-electron chi connectivity index (χ4n) is 3.22. The smallest absolute Gasteiger partial charge is 0.276 e. The average molecular weight is 409 g/mol. The predicted molar refractivity (Wildman–Crippen MR) is 102 cm³/mol. The van der Waals surface area contributed by atoms with Gasteiger partial charge in [-0.25, -0.2) is 0 Å². The van der Waals surface area contributed by atoms with Gasteiger partial charge in [0.1, 0.15) is 6.61 Å². The molecule has 0 spiro atoms. The topological polar surface area (TPSA) is 94.8 Å². The lowest BCUT2D eigenvalue weighted by Crippen LogP contribution is -2.31. The SMILES string of the molecule is O=C1c2ccccc2C(=O)N1CCSc1nnc([C@H]2COc3ccccc3O2)o1. The highest BCUT2D eigenvalue weighted by atomic mass is 32.2. The van der Waals surface area contributed by atoms with E-state index in [-0.39, 0.29) is 25.0 Å². The number of rotatable bonds is 5. The van der Waals surface area contributed by atoms with Crippen molar-refractivity contribution in [1.82, 2.24) is 15.1 Å². The molecule has 2 aromatic carbocycles. The maximum Gasteiger partial charge on any atom is 0.276 e. The normalized spacial score (nSPS) is 17.5. The second-order valence-electron chi connectivity index (χ2n) is 6.43. The van der Waals surface area contributed by atoms with E-state index < -0.39 is 6.10 Å². The molecule has 3 aromatic rings. The predicted octanol–water partition coefficient (Wildman–Crippen LogP) is 2.97. The summed E-state index contributed by atoms with van der Waals surface area (Å²) in [6.45, 7) is 0.531. The Balaban J connectivity index is 1.19. The van der Waals surface area contributed by atoms with E-state index in [4.69, 9.17) is 13.9 Å². The maximum atomic E-state index is 12.4. The molecule has 2 aliphatic heterocycles. The lowest BCUT2D eigenvalue weighted by atomic mass is 10.1. The Morgan fingerprint density at radius 2 is 1.66 bits per heavy atom. The Kier molecular flexibility index (Phi) is 4.44. The zero-order chi connectivity index (χ0) is 19.8. The Hall–Kier alpha value is -3.33. The van der Waals surface area contributed by atoms with Crippen molar-refractivity contribution in [2.45, 2.75) is 11.3 Å². The Morgan fingerprint density at radius 3 is 2.41 bits per heavy atom. The van der Waals surface area contributed by atoms with Crippen molar-refractivity contribution in [2.75, 3.05) is 18.9 Å². The first kappa shape index (κ1) is 17.7. The molecule has 0 saturated heterocycles. The van der Waals surface area contributed by atoms with Crippen LogP contribution in [0.4, 0.5) is 0 Å². The van der Waals surface area contributed by atoms with Crippen molar-refractivity contribution < 1.29 is 23.5 Å². The second-order valence-corrected chi connectivity index (χ2v) is 7.47. The van der Waals surface area contributed by atoms with Crippen LogP contribution in [0.2, 0.25) is 0 Å². The first-order chi connectivity index (χ1) is 14.2. The largest absolute Gasteiger partial charge is 0.485 e. The number of aromatic nitrogens is 2. The highest BCUT2D eigenvalue weighted by Crippen LogP contribution is 2.36. The monoisotopic (exact) mass is 409 g/mol. The number of thioether (sulfide) groups is 1. The highest BCUT2D eigenvalue weighted by Gasteiger charge is 2.34. The van der Waals surface area contributed by atoms with E-state index in [0.717, 1.165) is 0 Å². The minimum atomic E-state index is -0.483. The van der Waals surface area contributed by atoms with Crippen LogP contribution in [0.1, 0.15) is 32.7 Å². The van der Waals surface area contributed by atoms with Crippen LogP contribution in [-0.4, -0.2) is 45.8 Å². The first-order valence-corrected chi connectivity index (χ1v) is 9.99. The van der Waals surface area contributed by atoms with Crippen molar-refractivity contribution in [3.63, 3.8) is 0 Å². The number of benzene rings is 2. The molecule has 2 aliphatic rings. The molecular weight excluding hydrogens is 394 g/mol. The van der Waals surface area contributed by atoms with Crippen molar-refractivity contribution >= 4 is 23.6 Å². The number of hydrogen-bond donors (Lipinski definition) is 0. The summed E-state index contributed by atoms with van der Waals surface area (Å²) in [4.78, 5) is 26.0. The zero-order valence-electron chi connectivity index (χ0n) is 15.1. The third-order valence-electron chi connectivity index (χ3n) is 4.62. The molecule has 1 atom stereocenters. The van der Waals surface area contributed by atoms with Crippen LogP contribution in [0.3, 0.4) is 0 Å². The first-order valence-electron chi connectivity index (χ1n) is 9.00. The quantitative estimate of drug-likeness (QED) is 0.469. The van der Waals surface area contributed by atoms with Crippen molar-refractivity contribution in [2.24, 2.45) is 0 Å². The summed E-state index contributed by atoms with van der Waals surface area (Å²) in [5.74, 6) is 1.52. The van der Waals surface area contributed by atoms with Gasteiger partial charge in [-0.3, -0.25) is 14.5 Å². The van der Waals surface area contributed by atoms with Crippen LogP contribution >= 0.6 is 11.8 Å². The number of carbonyl (C=O) groups is 2. The van der Waals surface area contributed by atoms with E-state index in [0.29, 0.717) is 39.5 Å². The molecule has 0 saturated carbocycles. The average Bonchev–Trinajstić information content (AvgIpc) is 3.33. The molecular formula is C20H15N3O5S. The van der Waals surface area contributed by atoms with Gasteiger partial charge in [0.2, 0.25) is 6.10 Å². The van der Waals surface area contributed by atoms with Crippen LogP contribution < -0.4 is 9.47 Å². The molecule has 0 N–H and O–H groups in total. The summed E-state index contributed by atoms with van der Waals surface area (Å²) in [5.41, 5.74) is 0.884. The van der Waals surface area contributed by atoms with Gasteiger partial charge in [-0.15, -0.1) is 10.2 Å². The molecule has 0 unspecified atom stereocenters. The lowest BCUT2D eigenvalue weighted by molar-refractivity contribution is 0.0663. The third kappa shape index (κ3) is 3.23. The number of fused-ring (bicyclic) bond motifs is 2. The molecule has 5 rings (SSSR count). The Labute approximate surface area is 169 Å². The minimum Gasteiger partial charge on any atom is -0.485 e. The van der Waals surface area contributed by atoms with Gasteiger partial charge < -0.3 is 13.9 Å². The number of carbonyl (C=O) groups excluding carboxylic acids is 2. The summed E-state index contributed by atoms with van der Waals surface area (Å²) >= 11 is 1.28. The molecule has 2 amide bonds. The van der Waals surface area contributed by atoms with Gasteiger partial charge >= 0.3 is 0 Å². The Bertz CT molecular complexity index is 1060. The third-order valence-corrected chi connectivity index (χ3v) is 5.42. The van der Waals surface area contributed by atoms with E-state index >= 15 is 0 Å². The van der Waals surface area contributed by atoms with Crippen molar-refractivity contribution in [3.8, 4) is 11.5 Å². The highest BCUT2D eigenvalue weighted by molar-refractivity contribution is 7.99. The van der Waals surface area contributed by atoms with Crippen LogP contribution in [0.15, 0.2) is 58.2 Å². The van der Waals surface area contributed by atoms with Crippen LogP contribution in [-0.2, 0) is 0 Å². The van der Waals surface area contributed by atoms with Crippen LogP contribution in [0, 0.1) is 0 Å². The summed E-state index contributed by atoms with van der Waals surface area (Å²) in [5, 5.41) is 8.39. The molecule has 0 aliphatic carbocycles. The van der Waals surface area contributed by atoms with Gasteiger partial charge in [-0.2, -0.15) is 0 Å². The Morgan fingerprint density at radius 1 is 0.966 bits per heavy atom. The zero-order valence-corrected chi connectivity index (χ0v) is 15.9. The minimum absolute atomic E-state index is 0.255. The molecule has 0 fully saturated rings. The van der Waals surface area contributed by atoms with Crippen molar-refractivity contribution in [1.29, 1.82) is 0 Å². The number of nitrogens with zero attached hydrogens (tertiary/aromatic N) is 3. The van der Waals surface area contributed by atoms with E-state index in [2.05, 4.69) is 10.2 Å². The molecule has 29 heavy (non-hydrogen) atoms. The van der Waals surface area contributed by atoms with E-state index in [9.17, 15) is 9.59 Å². The molecule has 0 radical (unpaired) electrons. The van der Waals surface area contributed by atoms with E-state index in [1.807, 2.05) is 24.3 Å². The molecule has 8 nitrogen and oxygen atoms in total. The molecule has 9 heteroatoms. The van der Waals surface area contributed by atoms with E-state index in [1.54, 1.807) is 24.3 Å². The van der Waals surface area contributed by atoms with Crippen LogP contribution in [0.25, 0.3) is 0 Å². The molecule has 3 heterocycles. The number of ether oxygens (including phenoxy) is 2. The van der Waals surface area contributed by atoms with Gasteiger partial charge in [0, 0.05) is 12.3 Å². The molecule has 1 aromatic heterocycles. The number of imide groups is 1. The van der Waals surface area contributed by atoms with Gasteiger partial charge in [0.15, 0.2) is 11.5 Å². The van der Waals surface area contributed by atoms with Crippen LogP contribution in [0.5, 0.6) is 11.5 Å². The summed E-state index contributed by atoms with van der Waals surface area (Å²) in [7, 11) is 0. The summed E-state index contributed by atoms with van der Waals surface area (Å²) in [6, 6.07) is 14.2. The number of hydrogen-bond acceptors (Lipinski definition) is 8. The van der Waals surface area contributed by atoms with E-state index in [1.165, 1.54) is 16.7 Å². The van der Waals surface area contributed by atoms with Gasteiger partial charge in [0.05, 0.1) is 11.1 Å². The number of amides is 2. The lowest BCUT2D eigenvalue weighted by Gasteiger charge is -2.23. The van der Waals surface area contributed by atoms with Gasteiger partial charge in [-0.05, 0) is 24.3 Å². The molecule has 146 valence electrons. The molecule has 0 bridgehead atoms. The second kappa shape index (κ2) is 7.25. The summed E-state index contributed by atoms with van der Waals surface area (Å²) < 4.78 is 17.2. The fraction of sp³-hybridized carbons (Fsp3) is 0.200. The fourth-order valence-corrected chi connectivity index (χ4v) is 3.91. The number of para-hydroxylation sites is 2.